The van der Waals surface area contributed by atoms with Gasteiger partial charge >= 0.3 is 0 Å². The number of nitrogens with zero attached hydrogens (tertiary/aromatic N) is 2. The van der Waals surface area contributed by atoms with Crippen LogP contribution in [0, 0.1) is 6.20 Å². The van der Waals surface area contributed by atoms with Crippen LogP contribution in [0.25, 0.3) is 11.5 Å². The summed E-state index contributed by atoms with van der Waals surface area (Å²) in [4.78, 5) is 10.9. The van der Waals surface area contributed by atoms with Crippen LogP contribution in [0.1, 0.15) is 0 Å². The van der Waals surface area contributed by atoms with Gasteiger partial charge in [-0.25, -0.2) is 9.97 Å². The van der Waals surface area contributed by atoms with Crippen LogP contribution in [0.3, 0.4) is 0 Å². The van der Waals surface area contributed by atoms with Gasteiger partial charge in [0, 0.05) is 5.38 Å². The smallest absolute Gasteiger partial charge is 0.157 e. The Labute approximate surface area is 61.8 Å². The van der Waals surface area contributed by atoms with E-state index in [0.717, 1.165) is 11.5 Å². The SMILES string of the molecule is [c]1cnc(-c2cscn2)[nH]1. The van der Waals surface area contributed by atoms with Gasteiger partial charge in [-0.2, -0.15) is 0 Å². The minimum absolute atomic E-state index is 0.779. The van der Waals surface area contributed by atoms with Crippen LogP contribution in [0.4, 0.5) is 0 Å². The highest BCUT2D eigenvalue weighted by atomic mass is 32.1. The van der Waals surface area contributed by atoms with Crippen LogP contribution >= 0.6 is 11.3 Å². The maximum atomic E-state index is 4.06. The zero-order valence-corrected chi connectivity index (χ0v) is 5.85. The molecule has 0 saturated carbocycles. The fraction of sp³-hybridized carbons (Fsp3) is 0. The van der Waals surface area contributed by atoms with Gasteiger partial charge in [-0.05, 0) is 0 Å². The number of imidazole rings is 1. The molecular formula is C6H4N3S. The van der Waals surface area contributed by atoms with E-state index in [1.165, 1.54) is 0 Å². The highest BCUT2D eigenvalue weighted by Crippen LogP contribution is 2.12. The van der Waals surface area contributed by atoms with E-state index in [1.54, 1.807) is 23.0 Å². The molecule has 1 N–H and O–H groups in total. The second kappa shape index (κ2) is 2.22. The first-order chi connectivity index (χ1) is 4.97. The van der Waals surface area contributed by atoms with Gasteiger partial charge < -0.3 is 4.98 Å². The largest absolute Gasteiger partial charge is 0.335 e. The molecule has 0 aromatic carbocycles. The lowest BCUT2D eigenvalue weighted by Crippen LogP contribution is -1.77. The molecule has 10 heavy (non-hydrogen) atoms. The van der Waals surface area contributed by atoms with Gasteiger partial charge in [0.15, 0.2) is 5.82 Å². The van der Waals surface area contributed by atoms with Crippen LogP contribution in [0.15, 0.2) is 17.1 Å². The Bertz CT molecular complexity index is 252. The molecular weight excluding hydrogens is 146 g/mol. The van der Waals surface area contributed by atoms with Gasteiger partial charge in [0.1, 0.15) is 5.69 Å². The van der Waals surface area contributed by atoms with Gasteiger partial charge in [-0.1, -0.05) is 0 Å². The first kappa shape index (κ1) is 5.61. The van der Waals surface area contributed by atoms with Crippen molar-refractivity contribution in [3.8, 4) is 11.5 Å². The lowest BCUT2D eigenvalue weighted by Gasteiger charge is -1.83. The van der Waals surface area contributed by atoms with Crippen molar-refractivity contribution in [2.75, 3.05) is 0 Å². The van der Waals surface area contributed by atoms with E-state index in [1.807, 2.05) is 5.38 Å². The third-order valence-electron chi connectivity index (χ3n) is 1.12. The zero-order valence-electron chi connectivity index (χ0n) is 5.03. The fourth-order valence-electron chi connectivity index (χ4n) is 0.689. The molecule has 0 spiro atoms. The Kier molecular flexibility index (Phi) is 1.25. The summed E-state index contributed by atoms with van der Waals surface area (Å²) in [5.41, 5.74) is 2.66. The maximum Gasteiger partial charge on any atom is 0.157 e. The molecule has 2 rings (SSSR count). The van der Waals surface area contributed by atoms with Crippen molar-refractivity contribution >= 4 is 11.3 Å². The van der Waals surface area contributed by atoms with E-state index in [4.69, 9.17) is 0 Å². The fourth-order valence-corrected chi connectivity index (χ4v) is 1.23. The minimum Gasteiger partial charge on any atom is -0.335 e. The number of thiazole rings is 1. The molecule has 0 fully saturated rings. The normalized spacial score (nSPS) is 10.0. The summed E-state index contributed by atoms with van der Waals surface area (Å²) in [6.07, 6.45) is 4.34. The van der Waals surface area contributed by atoms with Crippen LogP contribution in [-0.4, -0.2) is 15.0 Å². The summed E-state index contributed by atoms with van der Waals surface area (Å²) in [6.45, 7) is 0. The van der Waals surface area contributed by atoms with Crippen molar-refractivity contribution < 1.29 is 0 Å². The summed E-state index contributed by atoms with van der Waals surface area (Å²) in [5, 5.41) is 1.94. The standard InChI is InChI=1S/C6H4N3S/c1-2-8-6(7-1)5-3-10-4-9-5/h1,3-4H,(H,7,8). The lowest BCUT2D eigenvalue weighted by molar-refractivity contribution is 1.25. The molecule has 2 aromatic heterocycles. The van der Waals surface area contributed by atoms with E-state index in [9.17, 15) is 0 Å². The highest BCUT2D eigenvalue weighted by Gasteiger charge is 1.98. The molecule has 0 aliphatic heterocycles. The molecule has 0 aliphatic carbocycles. The Morgan fingerprint density at radius 1 is 1.50 bits per heavy atom. The molecule has 49 valence electrons. The Hall–Kier alpha value is -1.16. The highest BCUT2D eigenvalue weighted by molar-refractivity contribution is 7.07. The summed E-state index contributed by atoms with van der Waals surface area (Å²) in [7, 11) is 0. The molecule has 0 atom stereocenters. The minimum atomic E-state index is 0.779. The molecule has 0 saturated heterocycles. The quantitative estimate of drug-likeness (QED) is 0.666. The molecule has 0 amide bonds. The predicted octanol–water partition coefficient (Wildman–Crippen LogP) is 1.33. The number of aromatic amines is 1. The average Bonchev–Trinajstić information content (AvgIpc) is 2.59. The number of hydrogen-bond donors (Lipinski definition) is 1. The number of H-pyrrole nitrogens is 1. The Morgan fingerprint density at radius 2 is 2.50 bits per heavy atom. The summed E-state index contributed by atoms with van der Waals surface area (Å²) in [6, 6.07) is 0. The van der Waals surface area contributed by atoms with Crippen LogP contribution < -0.4 is 0 Å². The summed E-state index contributed by atoms with van der Waals surface area (Å²) >= 11 is 1.55. The predicted molar refractivity (Wildman–Crippen MR) is 38.5 cm³/mol. The van der Waals surface area contributed by atoms with E-state index < -0.39 is 0 Å². The van der Waals surface area contributed by atoms with Crippen LogP contribution in [0.5, 0.6) is 0 Å². The van der Waals surface area contributed by atoms with Crippen molar-refractivity contribution in [3.63, 3.8) is 0 Å². The number of rotatable bonds is 1. The van der Waals surface area contributed by atoms with Gasteiger partial charge in [0.2, 0.25) is 0 Å². The Balaban J connectivity index is 2.48. The van der Waals surface area contributed by atoms with E-state index >= 15 is 0 Å². The van der Waals surface area contributed by atoms with Crippen molar-refractivity contribution in [1.29, 1.82) is 0 Å². The van der Waals surface area contributed by atoms with Crippen molar-refractivity contribution in [3.05, 3.63) is 23.3 Å². The molecule has 2 aromatic rings. The maximum absolute atomic E-state index is 4.06. The number of aromatic nitrogens is 3. The third kappa shape index (κ3) is 0.823. The molecule has 1 radical (unpaired) electrons. The lowest BCUT2D eigenvalue weighted by atomic mass is 10.5. The molecule has 2 heterocycles. The van der Waals surface area contributed by atoms with E-state index in [2.05, 4.69) is 21.1 Å². The first-order valence-electron chi connectivity index (χ1n) is 2.76. The first-order valence-corrected chi connectivity index (χ1v) is 3.71. The zero-order chi connectivity index (χ0) is 6.81. The molecule has 0 bridgehead atoms. The van der Waals surface area contributed by atoms with Crippen LogP contribution in [0.2, 0.25) is 0 Å². The van der Waals surface area contributed by atoms with Crippen molar-refractivity contribution in [2.24, 2.45) is 0 Å². The average molecular weight is 150 g/mol. The van der Waals surface area contributed by atoms with Gasteiger partial charge in [-0.15, -0.1) is 11.3 Å². The molecule has 4 heteroatoms. The second-order valence-corrected chi connectivity index (χ2v) is 2.47. The van der Waals surface area contributed by atoms with Crippen LogP contribution in [-0.2, 0) is 0 Å². The third-order valence-corrected chi connectivity index (χ3v) is 1.71. The summed E-state index contributed by atoms with van der Waals surface area (Å²) in [5.74, 6) is 0.779. The van der Waals surface area contributed by atoms with E-state index in [-0.39, 0.29) is 0 Å². The number of hydrogen-bond acceptors (Lipinski definition) is 3. The summed E-state index contributed by atoms with van der Waals surface area (Å²) < 4.78 is 0. The topological polar surface area (TPSA) is 41.6 Å². The Morgan fingerprint density at radius 3 is 3.10 bits per heavy atom. The van der Waals surface area contributed by atoms with Crippen molar-refractivity contribution in [2.45, 2.75) is 0 Å². The second-order valence-electron chi connectivity index (χ2n) is 1.75. The number of nitrogens with one attached hydrogen (secondary N) is 1. The molecule has 0 unspecified atom stereocenters. The van der Waals surface area contributed by atoms with E-state index in [0.29, 0.717) is 0 Å². The van der Waals surface area contributed by atoms with Gasteiger partial charge in [-0.3, -0.25) is 0 Å². The van der Waals surface area contributed by atoms with Gasteiger partial charge in [0.25, 0.3) is 0 Å². The molecule has 0 aliphatic rings. The van der Waals surface area contributed by atoms with Gasteiger partial charge in [0.05, 0.1) is 17.9 Å². The monoisotopic (exact) mass is 150 g/mol. The van der Waals surface area contributed by atoms with Crippen molar-refractivity contribution in [1.82, 2.24) is 15.0 Å². The molecule has 3 nitrogen and oxygen atoms in total.